The van der Waals surface area contributed by atoms with E-state index in [9.17, 15) is 4.79 Å². The van der Waals surface area contributed by atoms with Crippen LogP contribution in [0.5, 0.6) is 0 Å². The lowest BCUT2D eigenvalue weighted by Crippen LogP contribution is -2.03. The predicted octanol–water partition coefficient (Wildman–Crippen LogP) is 2.18. The van der Waals surface area contributed by atoms with Gasteiger partial charge in [0.15, 0.2) is 0 Å². The first-order chi connectivity index (χ1) is 6.59. The quantitative estimate of drug-likeness (QED) is 0.747. The highest BCUT2D eigenvalue weighted by molar-refractivity contribution is 5.94. The number of benzene rings is 1. The van der Waals surface area contributed by atoms with Gasteiger partial charge in [-0.15, -0.1) is 0 Å². The van der Waals surface area contributed by atoms with Crippen LogP contribution in [0.3, 0.4) is 0 Å². The number of rotatable bonds is 1. The van der Waals surface area contributed by atoms with Gasteiger partial charge in [-0.05, 0) is 24.6 Å². The molecule has 0 aliphatic heterocycles. The van der Waals surface area contributed by atoms with Crippen molar-refractivity contribution in [2.24, 2.45) is 7.05 Å². The number of carboxylic acid groups (broad SMARTS) is 1. The minimum absolute atomic E-state index is 0.325. The summed E-state index contributed by atoms with van der Waals surface area (Å²) in [6.07, 6.45) is 0. The monoisotopic (exact) mass is 189 g/mol. The summed E-state index contributed by atoms with van der Waals surface area (Å²) in [6.45, 7) is 1.99. The molecule has 1 aromatic heterocycles. The summed E-state index contributed by atoms with van der Waals surface area (Å²) in [5, 5.41) is 9.88. The van der Waals surface area contributed by atoms with E-state index >= 15 is 0 Å². The van der Waals surface area contributed by atoms with Gasteiger partial charge in [-0.3, -0.25) is 0 Å². The van der Waals surface area contributed by atoms with Gasteiger partial charge in [0.1, 0.15) is 5.69 Å². The van der Waals surface area contributed by atoms with Gasteiger partial charge >= 0.3 is 5.97 Å². The fourth-order valence-electron chi connectivity index (χ4n) is 1.65. The van der Waals surface area contributed by atoms with Crippen molar-refractivity contribution in [3.05, 3.63) is 35.5 Å². The van der Waals surface area contributed by atoms with E-state index in [4.69, 9.17) is 5.11 Å². The first-order valence-corrected chi connectivity index (χ1v) is 4.39. The molecule has 0 atom stereocenters. The molecule has 1 heterocycles. The lowest BCUT2D eigenvalue weighted by atomic mass is 10.2. The average Bonchev–Trinajstić information content (AvgIpc) is 2.44. The highest BCUT2D eigenvalue weighted by atomic mass is 16.4. The highest BCUT2D eigenvalue weighted by Gasteiger charge is 2.11. The van der Waals surface area contributed by atoms with Crippen molar-refractivity contribution in [2.45, 2.75) is 6.92 Å². The fraction of sp³-hybridized carbons (Fsp3) is 0.182. The summed E-state index contributed by atoms with van der Waals surface area (Å²) >= 11 is 0. The molecule has 0 radical (unpaired) electrons. The molecule has 0 amide bonds. The third kappa shape index (κ3) is 1.18. The van der Waals surface area contributed by atoms with Crippen LogP contribution in [0.15, 0.2) is 24.3 Å². The molecule has 2 rings (SSSR count). The zero-order chi connectivity index (χ0) is 10.3. The molecular weight excluding hydrogens is 178 g/mol. The number of aromatic nitrogens is 1. The van der Waals surface area contributed by atoms with Gasteiger partial charge in [-0.25, -0.2) is 4.79 Å². The van der Waals surface area contributed by atoms with E-state index in [1.807, 2.05) is 25.1 Å². The normalized spacial score (nSPS) is 10.7. The van der Waals surface area contributed by atoms with Gasteiger partial charge < -0.3 is 9.67 Å². The standard InChI is InChI=1S/C11H11NO2/c1-7-3-4-8-6-10(11(13)14)12(2)9(8)5-7/h3-6H,1-2H3,(H,13,14). The van der Waals surface area contributed by atoms with E-state index in [2.05, 4.69) is 0 Å². The number of hydrogen-bond acceptors (Lipinski definition) is 1. The zero-order valence-electron chi connectivity index (χ0n) is 8.11. The van der Waals surface area contributed by atoms with Crippen LogP contribution in [0.4, 0.5) is 0 Å². The Balaban J connectivity index is 2.80. The third-order valence-corrected chi connectivity index (χ3v) is 2.42. The molecule has 1 N–H and O–H groups in total. The SMILES string of the molecule is Cc1ccc2cc(C(=O)O)n(C)c2c1. The molecule has 0 spiro atoms. The molecule has 72 valence electrons. The van der Waals surface area contributed by atoms with Gasteiger partial charge in [0, 0.05) is 18.0 Å². The second kappa shape index (κ2) is 2.87. The van der Waals surface area contributed by atoms with E-state index < -0.39 is 5.97 Å². The number of hydrogen-bond donors (Lipinski definition) is 1. The van der Waals surface area contributed by atoms with Gasteiger partial charge in [-0.1, -0.05) is 12.1 Å². The lowest BCUT2D eigenvalue weighted by molar-refractivity contribution is 0.0687. The molecule has 3 heteroatoms. The summed E-state index contributed by atoms with van der Waals surface area (Å²) in [5.41, 5.74) is 2.42. The Bertz CT molecular complexity index is 511. The van der Waals surface area contributed by atoms with Crippen molar-refractivity contribution < 1.29 is 9.90 Å². The topological polar surface area (TPSA) is 42.2 Å². The highest BCUT2D eigenvalue weighted by Crippen LogP contribution is 2.19. The third-order valence-electron chi connectivity index (χ3n) is 2.42. The molecule has 0 saturated carbocycles. The van der Waals surface area contributed by atoms with Crippen molar-refractivity contribution in [3.63, 3.8) is 0 Å². The van der Waals surface area contributed by atoms with Crippen molar-refractivity contribution in [1.82, 2.24) is 4.57 Å². The van der Waals surface area contributed by atoms with Crippen LogP contribution in [-0.4, -0.2) is 15.6 Å². The Morgan fingerprint density at radius 2 is 2.07 bits per heavy atom. The maximum Gasteiger partial charge on any atom is 0.352 e. The molecule has 0 unspecified atom stereocenters. The number of aryl methyl sites for hydroxylation is 2. The summed E-state index contributed by atoms with van der Waals surface area (Å²) < 4.78 is 1.70. The van der Waals surface area contributed by atoms with Crippen LogP contribution >= 0.6 is 0 Å². The van der Waals surface area contributed by atoms with Gasteiger partial charge in [-0.2, -0.15) is 0 Å². The fourth-order valence-corrected chi connectivity index (χ4v) is 1.65. The first kappa shape index (κ1) is 8.81. The van der Waals surface area contributed by atoms with Crippen LogP contribution < -0.4 is 0 Å². The number of nitrogens with zero attached hydrogens (tertiary/aromatic N) is 1. The maximum atomic E-state index is 10.9. The predicted molar refractivity (Wildman–Crippen MR) is 54.6 cm³/mol. The van der Waals surface area contributed by atoms with Crippen LogP contribution in [0, 0.1) is 6.92 Å². The molecule has 0 aliphatic carbocycles. The Kier molecular flexibility index (Phi) is 1.81. The molecule has 0 saturated heterocycles. The van der Waals surface area contributed by atoms with E-state index in [0.29, 0.717) is 5.69 Å². The van der Waals surface area contributed by atoms with E-state index in [1.54, 1.807) is 17.7 Å². The van der Waals surface area contributed by atoms with Gasteiger partial charge in [0.2, 0.25) is 0 Å². The Morgan fingerprint density at radius 3 is 2.71 bits per heavy atom. The maximum absolute atomic E-state index is 10.9. The van der Waals surface area contributed by atoms with Gasteiger partial charge in [0.25, 0.3) is 0 Å². The smallest absolute Gasteiger partial charge is 0.352 e. The summed E-state index contributed by atoms with van der Waals surface area (Å²) in [7, 11) is 1.77. The number of carboxylic acids is 1. The molecule has 14 heavy (non-hydrogen) atoms. The minimum atomic E-state index is -0.888. The van der Waals surface area contributed by atoms with Crippen LogP contribution in [0.25, 0.3) is 10.9 Å². The second-order valence-corrected chi connectivity index (χ2v) is 3.46. The first-order valence-electron chi connectivity index (χ1n) is 4.39. The lowest BCUT2D eigenvalue weighted by Gasteiger charge is -1.99. The number of aromatic carboxylic acids is 1. The molecule has 0 aliphatic rings. The van der Waals surface area contributed by atoms with E-state index in [0.717, 1.165) is 16.5 Å². The number of fused-ring (bicyclic) bond motifs is 1. The zero-order valence-corrected chi connectivity index (χ0v) is 8.11. The largest absolute Gasteiger partial charge is 0.477 e. The van der Waals surface area contributed by atoms with Crippen molar-refractivity contribution >= 4 is 16.9 Å². The van der Waals surface area contributed by atoms with Crippen molar-refractivity contribution in [3.8, 4) is 0 Å². The second-order valence-electron chi connectivity index (χ2n) is 3.46. The Morgan fingerprint density at radius 1 is 1.36 bits per heavy atom. The van der Waals surface area contributed by atoms with Crippen molar-refractivity contribution in [2.75, 3.05) is 0 Å². The molecule has 3 nitrogen and oxygen atoms in total. The Hall–Kier alpha value is -1.77. The van der Waals surface area contributed by atoms with E-state index in [-0.39, 0.29) is 0 Å². The molecule has 0 bridgehead atoms. The van der Waals surface area contributed by atoms with Crippen molar-refractivity contribution in [1.29, 1.82) is 0 Å². The summed E-state index contributed by atoms with van der Waals surface area (Å²) in [5.74, 6) is -0.888. The molecule has 2 aromatic rings. The van der Waals surface area contributed by atoms with Crippen LogP contribution in [0.1, 0.15) is 16.1 Å². The number of carbonyl (C=O) groups is 1. The summed E-state index contributed by atoms with van der Waals surface area (Å²) in [6, 6.07) is 7.60. The summed E-state index contributed by atoms with van der Waals surface area (Å²) in [4.78, 5) is 10.9. The van der Waals surface area contributed by atoms with E-state index in [1.165, 1.54) is 0 Å². The molecule has 1 aromatic carbocycles. The van der Waals surface area contributed by atoms with Gasteiger partial charge in [0.05, 0.1) is 0 Å². The average molecular weight is 189 g/mol. The molecule has 0 fully saturated rings. The molecular formula is C11H11NO2. The minimum Gasteiger partial charge on any atom is -0.477 e. The van der Waals surface area contributed by atoms with Crippen LogP contribution in [-0.2, 0) is 7.05 Å². The Labute approximate surface area is 81.6 Å². The van der Waals surface area contributed by atoms with Crippen LogP contribution in [0.2, 0.25) is 0 Å².